The van der Waals surface area contributed by atoms with Gasteiger partial charge in [-0.3, -0.25) is 9.59 Å². The third-order valence-electron chi connectivity index (χ3n) is 8.08. The number of carbonyl (C=O) groups excluding carboxylic acids is 3. The number of ketones is 1. The normalized spacial score (nSPS) is 13.4. The first-order chi connectivity index (χ1) is 24.5. The second-order valence-corrected chi connectivity index (χ2v) is 13.7. The molecule has 0 aliphatic heterocycles. The average molecular weight is 723 g/mol. The topological polar surface area (TPSA) is 170 Å². The summed E-state index contributed by atoms with van der Waals surface area (Å²) in [6.45, 7) is 2.53. The molecule has 14 heteroatoms. The average Bonchev–Trinajstić information content (AvgIpc) is 3.89. The van der Waals surface area contributed by atoms with E-state index in [9.17, 15) is 32.3 Å². The molecular formula is C37H39FN2O10S. The number of sulfonamides is 1. The van der Waals surface area contributed by atoms with Crippen LogP contribution in [0.3, 0.4) is 0 Å². The molecule has 0 spiro atoms. The van der Waals surface area contributed by atoms with Crippen LogP contribution in [0.1, 0.15) is 58.3 Å². The Balaban J connectivity index is 1.11. The minimum atomic E-state index is -3.76. The predicted molar refractivity (Wildman–Crippen MR) is 187 cm³/mol. The first kappa shape index (κ1) is 37.4. The molecule has 0 saturated heterocycles. The van der Waals surface area contributed by atoms with Gasteiger partial charge < -0.3 is 29.1 Å². The molecule has 1 fully saturated rings. The van der Waals surface area contributed by atoms with Crippen molar-refractivity contribution < 1.29 is 50.9 Å². The van der Waals surface area contributed by atoms with E-state index in [1.165, 1.54) is 31.3 Å². The summed E-state index contributed by atoms with van der Waals surface area (Å²) in [5.41, 5.74) is 3.77. The Morgan fingerprint density at radius 2 is 1.71 bits per heavy atom. The van der Waals surface area contributed by atoms with Gasteiger partial charge in [0.25, 0.3) is 11.7 Å². The minimum absolute atomic E-state index is 0.0523. The quantitative estimate of drug-likeness (QED) is 0.0410. The minimum Gasteiger partial charge on any atom is -0.507 e. The first-order valence-electron chi connectivity index (χ1n) is 16.4. The van der Waals surface area contributed by atoms with Crippen LogP contribution in [0.25, 0.3) is 28.1 Å². The molecule has 0 bridgehead atoms. The van der Waals surface area contributed by atoms with Crippen molar-refractivity contribution in [2.75, 3.05) is 40.0 Å². The summed E-state index contributed by atoms with van der Waals surface area (Å²) in [5, 5.41) is 13.3. The summed E-state index contributed by atoms with van der Waals surface area (Å²) in [6.07, 6.45) is 2.63. The summed E-state index contributed by atoms with van der Waals surface area (Å²) >= 11 is 0. The van der Waals surface area contributed by atoms with E-state index in [-0.39, 0.29) is 68.7 Å². The number of furan rings is 1. The Kier molecular flexibility index (Phi) is 12.4. The van der Waals surface area contributed by atoms with Crippen LogP contribution in [0.4, 0.5) is 4.39 Å². The number of fused-ring (bicyclic) bond motifs is 1. The number of carbonyl (C=O) groups is 3. The lowest BCUT2D eigenvalue weighted by Gasteiger charge is -2.12. The Morgan fingerprint density at radius 3 is 2.37 bits per heavy atom. The molecule has 12 nitrogen and oxygen atoms in total. The smallest absolute Gasteiger partial charge is 0.379 e. The number of hydrogen-bond donors (Lipinski definition) is 3. The van der Waals surface area contributed by atoms with E-state index in [0.29, 0.717) is 33.2 Å². The van der Waals surface area contributed by atoms with Crippen molar-refractivity contribution in [1.29, 1.82) is 0 Å². The van der Waals surface area contributed by atoms with Crippen molar-refractivity contribution in [2.24, 2.45) is 0 Å². The fourth-order valence-electron chi connectivity index (χ4n) is 5.43. The molecule has 0 radical (unpaired) electrons. The number of benzene rings is 3. The van der Waals surface area contributed by atoms with E-state index in [4.69, 9.17) is 13.9 Å². The zero-order valence-electron chi connectivity index (χ0n) is 28.2. The van der Waals surface area contributed by atoms with E-state index in [1.54, 1.807) is 37.3 Å². The van der Waals surface area contributed by atoms with E-state index in [0.717, 1.165) is 30.0 Å². The molecule has 1 saturated carbocycles. The zero-order chi connectivity index (χ0) is 36.5. The molecule has 51 heavy (non-hydrogen) atoms. The summed E-state index contributed by atoms with van der Waals surface area (Å²) in [5.74, 6) is -2.97. The standard InChI is InChI=1S/C37H39FN2O10S/c1-3-49-37(44)32(42)20-31(41)25-6-4-23(5-7-25)21-48-17-16-47-15-14-40-51(45,46)22-27-18-33-30(19-29(27)24-8-9-24)34(36(43)39-2)35(50-33)26-10-12-28(38)13-11-26/h4-7,10-13,18-20,24,40-41H,3,8-9,14-17,21-22H2,1-2H3,(H,39,43)/b31-20-. The molecule has 1 aliphatic carbocycles. The maximum atomic E-state index is 13.6. The number of ether oxygens (including phenoxy) is 3. The lowest BCUT2D eigenvalue weighted by Crippen LogP contribution is -2.29. The van der Waals surface area contributed by atoms with Crippen LogP contribution in [0, 0.1) is 5.82 Å². The van der Waals surface area contributed by atoms with Gasteiger partial charge in [-0.05, 0) is 78.8 Å². The van der Waals surface area contributed by atoms with Crippen LogP contribution in [0.15, 0.2) is 71.2 Å². The zero-order valence-corrected chi connectivity index (χ0v) is 29.0. The molecule has 4 aromatic rings. The van der Waals surface area contributed by atoms with Crippen LogP contribution in [-0.2, 0) is 46.2 Å². The maximum Gasteiger partial charge on any atom is 0.379 e. The van der Waals surface area contributed by atoms with Gasteiger partial charge in [0.05, 0.1) is 44.4 Å². The molecule has 0 atom stereocenters. The number of nitrogens with one attached hydrogen (secondary N) is 2. The van der Waals surface area contributed by atoms with Crippen LogP contribution in [-0.4, -0.2) is 71.2 Å². The van der Waals surface area contributed by atoms with Crippen molar-refractivity contribution in [3.05, 3.63) is 100 Å². The lowest BCUT2D eigenvalue weighted by molar-refractivity contribution is -0.151. The number of amides is 1. The molecular weight excluding hydrogens is 683 g/mol. The van der Waals surface area contributed by atoms with Gasteiger partial charge in [0.2, 0.25) is 10.0 Å². The number of esters is 1. The summed E-state index contributed by atoms with van der Waals surface area (Å²) in [7, 11) is -2.24. The number of rotatable bonds is 18. The third kappa shape index (κ3) is 9.88. The van der Waals surface area contributed by atoms with Crippen molar-refractivity contribution in [3.63, 3.8) is 0 Å². The number of halogens is 1. The highest BCUT2D eigenvalue weighted by Gasteiger charge is 2.31. The summed E-state index contributed by atoms with van der Waals surface area (Å²) < 4.78 is 64.2. The Hall–Kier alpha value is -4.89. The predicted octanol–water partition coefficient (Wildman–Crippen LogP) is 5.16. The fraction of sp³-hybridized carbons (Fsp3) is 0.324. The van der Waals surface area contributed by atoms with Gasteiger partial charge in [-0.1, -0.05) is 24.3 Å². The van der Waals surface area contributed by atoms with E-state index >= 15 is 0 Å². The van der Waals surface area contributed by atoms with Crippen molar-refractivity contribution in [3.8, 4) is 11.3 Å². The van der Waals surface area contributed by atoms with Gasteiger partial charge in [0, 0.05) is 36.2 Å². The fourth-order valence-corrected chi connectivity index (χ4v) is 6.59. The SMILES string of the molecule is CCOC(=O)C(=O)/C=C(\O)c1ccc(COCCOCCNS(=O)(=O)Cc2cc3oc(-c4ccc(F)cc4)c(C(=O)NC)c3cc2C2CC2)cc1. The van der Waals surface area contributed by atoms with Crippen molar-refractivity contribution in [2.45, 2.75) is 38.0 Å². The van der Waals surface area contributed by atoms with Gasteiger partial charge >= 0.3 is 5.97 Å². The van der Waals surface area contributed by atoms with Crippen LogP contribution in [0.5, 0.6) is 0 Å². The monoisotopic (exact) mass is 722 g/mol. The first-order valence-corrected chi connectivity index (χ1v) is 18.1. The highest BCUT2D eigenvalue weighted by molar-refractivity contribution is 7.88. The molecule has 1 amide bonds. The second-order valence-electron chi connectivity index (χ2n) is 11.8. The highest BCUT2D eigenvalue weighted by atomic mass is 32.2. The van der Waals surface area contributed by atoms with Gasteiger partial charge in [0.1, 0.15) is 22.9 Å². The molecule has 3 aromatic carbocycles. The van der Waals surface area contributed by atoms with E-state index < -0.39 is 27.6 Å². The largest absolute Gasteiger partial charge is 0.507 e. The molecule has 0 unspecified atom stereocenters. The van der Waals surface area contributed by atoms with E-state index in [1.807, 2.05) is 6.07 Å². The number of hydrogen-bond acceptors (Lipinski definition) is 10. The molecule has 1 aliphatic rings. The summed E-state index contributed by atoms with van der Waals surface area (Å²) in [6, 6.07) is 15.7. The van der Waals surface area contributed by atoms with Gasteiger partial charge in [0.15, 0.2) is 0 Å². The number of aliphatic hydroxyl groups excluding tert-OH is 1. The van der Waals surface area contributed by atoms with E-state index in [2.05, 4.69) is 14.8 Å². The Bertz CT molecular complexity index is 2020. The Morgan fingerprint density at radius 1 is 1.00 bits per heavy atom. The lowest BCUT2D eigenvalue weighted by atomic mass is 9.98. The molecule has 1 heterocycles. The van der Waals surface area contributed by atoms with Gasteiger partial charge in [-0.25, -0.2) is 22.3 Å². The molecule has 1 aromatic heterocycles. The Labute approximate surface area is 294 Å². The van der Waals surface area contributed by atoms with Crippen molar-refractivity contribution in [1.82, 2.24) is 10.0 Å². The highest BCUT2D eigenvalue weighted by Crippen LogP contribution is 2.45. The van der Waals surface area contributed by atoms with Crippen LogP contribution >= 0.6 is 0 Å². The van der Waals surface area contributed by atoms with Crippen molar-refractivity contribution >= 4 is 44.4 Å². The second kappa shape index (κ2) is 16.9. The van der Waals surface area contributed by atoms with Crippen LogP contribution in [0.2, 0.25) is 0 Å². The summed E-state index contributed by atoms with van der Waals surface area (Å²) in [4.78, 5) is 36.1. The van der Waals surface area contributed by atoms with Gasteiger partial charge in [-0.15, -0.1) is 0 Å². The van der Waals surface area contributed by atoms with Gasteiger partial charge in [-0.2, -0.15) is 0 Å². The molecule has 3 N–H and O–H groups in total. The third-order valence-corrected chi connectivity index (χ3v) is 9.41. The molecule has 270 valence electrons. The molecule has 5 rings (SSSR count). The maximum absolute atomic E-state index is 13.6. The van der Waals surface area contributed by atoms with Crippen LogP contribution < -0.4 is 10.0 Å². The number of aliphatic hydroxyl groups is 1.